The summed E-state index contributed by atoms with van der Waals surface area (Å²) in [6.07, 6.45) is -7.33. The normalized spacial score (nSPS) is 16.3. The Labute approximate surface area is 232 Å². The molecule has 4 rings (SSSR count). The Kier molecular flexibility index (Phi) is 8.10. The molecule has 0 spiro atoms. The second-order valence-corrected chi connectivity index (χ2v) is 10.5. The first-order valence-corrected chi connectivity index (χ1v) is 12.8. The zero-order valence-electron chi connectivity index (χ0n) is 22.4. The molecule has 0 aliphatic carbocycles. The molecule has 3 aromatic rings. The van der Waals surface area contributed by atoms with Gasteiger partial charge in [-0.15, -0.1) is 0 Å². The Morgan fingerprint density at radius 1 is 0.976 bits per heavy atom. The van der Waals surface area contributed by atoms with E-state index in [1.165, 1.54) is 45.3 Å². The molecule has 41 heavy (non-hydrogen) atoms. The zero-order valence-corrected chi connectivity index (χ0v) is 22.4. The van der Waals surface area contributed by atoms with Crippen LogP contribution in [-0.2, 0) is 22.6 Å². The predicted octanol–water partition coefficient (Wildman–Crippen LogP) is 6.83. The van der Waals surface area contributed by atoms with Crippen LogP contribution in [0.1, 0.15) is 43.4 Å². The van der Waals surface area contributed by atoms with Crippen molar-refractivity contribution in [1.29, 1.82) is 0 Å². The van der Waals surface area contributed by atoms with Gasteiger partial charge in [-0.1, -0.05) is 18.2 Å². The number of aliphatic hydroxyl groups is 1. The molecule has 2 aromatic carbocycles. The summed E-state index contributed by atoms with van der Waals surface area (Å²) in [6.45, 7) is 2.92. The van der Waals surface area contributed by atoms with Crippen molar-refractivity contribution in [2.45, 2.75) is 50.5 Å². The van der Waals surface area contributed by atoms with Crippen LogP contribution in [0.2, 0.25) is 0 Å². The van der Waals surface area contributed by atoms with Crippen molar-refractivity contribution in [3.63, 3.8) is 0 Å². The van der Waals surface area contributed by atoms with Gasteiger partial charge in [-0.3, -0.25) is 4.79 Å². The molecular weight excluding hydrogens is 555 g/mol. The molecule has 0 unspecified atom stereocenters. The van der Waals surface area contributed by atoms with E-state index in [4.69, 9.17) is 0 Å². The molecule has 2 heterocycles. The minimum atomic E-state index is -5.08. The van der Waals surface area contributed by atoms with E-state index in [1.807, 2.05) is 4.90 Å². The van der Waals surface area contributed by atoms with Gasteiger partial charge in [0.05, 0.1) is 41.1 Å². The summed E-state index contributed by atoms with van der Waals surface area (Å²) in [5.74, 6) is -1.03. The third-order valence-corrected chi connectivity index (χ3v) is 7.42. The highest BCUT2D eigenvalue weighted by atomic mass is 19.4. The van der Waals surface area contributed by atoms with Gasteiger partial charge in [-0.05, 0) is 62.6 Å². The molecule has 5 nitrogen and oxygen atoms in total. The van der Waals surface area contributed by atoms with Crippen molar-refractivity contribution in [3.8, 4) is 11.1 Å². The molecule has 220 valence electrons. The maximum absolute atomic E-state index is 15.0. The first-order chi connectivity index (χ1) is 19.1. The molecule has 1 aliphatic heterocycles. The molecule has 1 atom stereocenters. The van der Waals surface area contributed by atoms with E-state index >= 15 is 0 Å². The lowest BCUT2D eigenvalue weighted by atomic mass is 9.81. The summed E-state index contributed by atoms with van der Waals surface area (Å²) >= 11 is 0. The minimum absolute atomic E-state index is 0.00466. The van der Waals surface area contributed by atoms with Gasteiger partial charge in [0.15, 0.2) is 0 Å². The van der Waals surface area contributed by atoms with Crippen LogP contribution in [0.15, 0.2) is 54.7 Å². The van der Waals surface area contributed by atoms with Gasteiger partial charge in [-0.2, -0.15) is 26.3 Å². The van der Waals surface area contributed by atoms with E-state index in [1.54, 1.807) is 12.1 Å². The van der Waals surface area contributed by atoms with Gasteiger partial charge in [0.25, 0.3) is 0 Å². The third-order valence-electron chi connectivity index (χ3n) is 7.42. The molecular formula is C29H28F7N3O2. The molecule has 0 bridgehead atoms. The Morgan fingerprint density at radius 2 is 1.56 bits per heavy atom. The van der Waals surface area contributed by atoms with Crippen LogP contribution < -0.4 is 9.80 Å². The molecule has 1 fully saturated rings. The van der Waals surface area contributed by atoms with Crippen LogP contribution in [0.25, 0.3) is 11.1 Å². The lowest BCUT2D eigenvalue weighted by Crippen LogP contribution is -2.42. The molecule has 12 heteroatoms. The summed E-state index contributed by atoms with van der Waals surface area (Å²) in [4.78, 5) is 21.1. The van der Waals surface area contributed by atoms with Crippen molar-refractivity contribution in [2.75, 3.05) is 30.0 Å². The Morgan fingerprint density at radius 3 is 2.12 bits per heavy atom. The number of nitrogens with zero attached hydrogens (tertiary/aromatic N) is 3. The van der Waals surface area contributed by atoms with Crippen molar-refractivity contribution in [1.82, 2.24) is 4.98 Å². The van der Waals surface area contributed by atoms with Crippen LogP contribution >= 0.6 is 0 Å². The van der Waals surface area contributed by atoms with Crippen LogP contribution in [0.5, 0.6) is 0 Å². The molecule has 1 amide bonds. The number of alkyl halides is 6. The van der Waals surface area contributed by atoms with E-state index in [9.17, 15) is 40.6 Å². The number of pyridine rings is 1. The van der Waals surface area contributed by atoms with Crippen molar-refractivity contribution >= 4 is 17.4 Å². The standard InChI is InChI=1S/C29H28F7N3O2/c1-27(2,17-11-18(28(31,32)33)13-19(12-17)29(34,35)36)26(41)38(3)24-15-37-25(39-10-6-7-20(39)16-40)14-22(24)21-8-4-5-9-23(21)30/h4-5,8-9,11-15,20,40H,6-7,10,16H2,1-3H3/t20-/m0/s1. The quantitative estimate of drug-likeness (QED) is 0.324. The fourth-order valence-electron chi connectivity index (χ4n) is 5.05. The summed E-state index contributed by atoms with van der Waals surface area (Å²) in [5, 5.41) is 9.76. The highest BCUT2D eigenvalue weighted by molar-refractivity contribution is 6.03. The number of amides is 1. The Hall–Kier alpha value is -3.67. The van der Waals surface area contributed by atoms with Gasteiger partial charge in [0.1, 0.15) is 11.6 Å². The number of hydrogen-bond donors (Lipinski definition) is 1. The number of aliphatic hydroxyl groups excluding tert-OH is 1. The Bertz CT molecular complexity index is 1400. The van der Waals surface area contributed by atoms with E-state index in [0.29, 0.717) is 24.5 Å². The number of rotatable bonds is 6. The predicted molar refractivity (Wildman–Crippen MR) is 140 cm³/mol. The number of benzene rings is 2. The van der Waals surface area contributed by atoms with Crippen LogP contribution in [0.4, 0.5) is 42.2 Å². The summed E-state index contributed by atoms with van der Waals surface area (Å²) < 4.78 is 96.1. The zero-order chi connectivity index (χ0) is 30.3. The fraction of sp³-hybridized carbons (Fsp3) is 0.379. The van der Waals surface area contributed by atoms with E-state index < -0.39 is 46.2 Å². The average Bonchev–Trinajstić information content (AvgIpc) is 3.40. The average molecular weight is 584 g/mol. The van der Waals surface area contributed by atoms with Gasteiger partial charge >= 0.3 is 12.4 Å². The van der Waals surface area contributed by atoms with Gasteiger partial charge in [0, 0.05) is 24.7 Å². The molecule has 1 aromatic heterocycles. The third kappa shape index (κ3) is 6.02. The highest BCUT2D eigenvalue weighted by Gasteiger charge is 2.41. The minimum Gasteiger partial charge on any atom is -0.394 e. The molecule has 1 aliphatic rings. The first-order valence-electron chi connectivity index (χ1n) is 12.8. The van der Waals surface area contributed by atoms with E-state index in [-0.39, 0.29) is 35.5 Å². The monoisotopic (exact) mass is 583 g/mol. The summed E-state index contributed by atoms with van der Waals surface area (Å²) in [7, 11) is 1.30. The number of carbonyl (C=O) groups is 1. The number of anilines is 2. The Balaban J connectivity index is 1.82. The molecule has 1 saturated heterocycles. The topological polar surface area (TPSA) is 56.7 Å². The van der Waals surface area contributed by atoms with Gasteiger partial charge in [0.2, 0.25) is 5.91 Å². The fourth-order valence-corrected chi connectivity index (χ4v) is 5.05. The van der Waals surface area contributed by atoms with Gasteiger partial charge < -0.3 is 14.9 Å². The van der Waals surface area contributed by atoms with Crippen LogP contribution in [-0.4, -0.2) is 42.2 Å². The van der Waals surface area contributed by atoms with Crippen LogP contribution in [0, 0.1) is 5.82 Å². The second-order valence-electron chi connectivity index (χ2n) is 10.5. The van der Waals surface area contributed by atoms with Crippen molar-refractivity contribution in [3.05, 3.63) is 77.2 Å². The number of hydrogen-bond acceptors (Lipinski definition) is 4. The maximum atomic E-state index is 15.0. The summed E-state index contributed by atoms with van der Waals surface area (Å²) in [5.41, 5.74) is -4.97. The highest BCUT2D eigenvalue weighted by Crippen LogP contribution is 2.41. The largest absolute Gasteiger partial charge is 0.416 e. The molecule has 0 radical (unpaired) electrons. The number of halogens is 7. The molecule has 0 saturated carbocycles. The SMILES string of the molecule is CN(C(=O)C(C)(C)c1cc(C(F)(F)F)cc(C(F)(F)F)c1)c1cnc(N2CCC[C@H]2CO)cc1-c1ccccc1F. The molecule has 1 N–H and O–H groups in total. The van der Waals surface area contributed by atoms with Crippen LogP contribution in [0.3, 0.4) is 0 Å². The smallest absolute Gasteiger partial charge is 0.394 e. The van der Waals surface area contributed by atoms with E-state index in [2.05, 4.69) is 4.98 Å². The number of carbonyl (C=O) groups excluding carboxylic acids is 1. The number of aromatic nitrogens is 1. The maximum Gasteiger partial charge on any atom is 0.416 e. The summed E-state index contributed by atoms with van der Waals surface area (Å²) in [6, 6.07) is 8.19. The number of likely N-dealkylation sites (N-methyl/N-ethyl adjacent to an activating group) is 1. The van der Waals surface area contributed by atoms with Crippen molar-refractivity contribution in [2.24, 2.45) is 0 Å². The lowest BCUT2D eigenvalue weighted by molar-refractivity contribution is -0.143. The van der Waals surface area contributed by atoms with Gasteiger partial charge in [-0.25, -0.2) is 9.37 Å². The van der Waals surface area contributed by atoms with Crippen molar-refractivity contribution < 1.29 is 40.6 Å². The van der Waals surface area contributed by atoms with E-state index in [0.717, 1.165) is 17.7 Å². The first kappa shape index (κ1) is 30.3. The lowest BCUT2D eigenvalue weighted by Gasteiger charge is -2.32. The second kappa shape index (κ2) is 11.0.